The lowest BCUT2D eigenvalue weighted by Crippen LogP contribution is -2.57. The van der Waals surface area contributed by atoms with Crippen molar-refractivity contribution in [1.82, 2.24) is 15.8 Å². The van der Waals surface area contributed by atoms with Gasteiger partial charge >= 0.3 is 0 Å². The molecule has 2 aromatic rings. The summed E-state index contributed by atoms with van der Waals surface area (Å²) in [4.78, 5) is 25.5. The zero-order chi connectivity index (χ0) is 26.0. The summed E-state index contributed by atoms with van der Waals surface area (Å²) in [6.45, 7) is 7.96. The fourth-order valence-electron chi connectivity index (χ4n) is 3.57. The minimum atomic E-state index is -0.988. The lowest BCUT2D eigenvalue weighted by atomic mass is 9.98. The molecule has 7 N–H and O–H groups in total. The normalized spacial score (nSPS) is 15.0. The molecule has 0 saturated heterocycles. The molecule has 0 aliphatic carbocycles. The zero-order valence-corrected chi connectivity index (χ0v) is 21.2. The second-order valence-corrected chi connectivity index (χ2v) is 9.75. The van der Waals surface area contributed by atoms with Gasteiger partial charge in [0.1, 0.15) is 0 Å². The van der Waals surface area contributed by atoms with Crippen molar-refractivity contribution in [2.24, 2.45) is 23.3 Å². The molecular formula is C27H41N5O3. The Hall–Kier alpha value is -2.78. The Morgan fingerprint density at radius 1 is 0.829 bits per heavy atom. The van der Waals surface area contributed by atoms with Crippen molar-refractivity contribution in [2.75, 3.05) is 6.54 Å². The van der Waals surface area contributed by atoms with Crippen LogP contribution < -0.4 is 22.2 Å². The third kappa shape index (κ3) is 9.41. The van der Waals surface area contributed by atoms with Crippen molar-refractivity contribution in [3.63, 3.8) is 0 Å². The molecule has 0 radical (unpaired) electrons. The minimum Gasteiger partial charge on any atom is -0.390 e. The van der Waals surface area contributed by atoms with Gasteiger partial charge in [-0.25, -0.2) is 5.01 Å². The molecule has 8 heteroatoms. The van der Waals surface area contributed by atoms with Gasteiger partial charge in [-0.05, 0) is 29.4 Å². The number of carbonyl (C=O) groups excluding carboxylic acids is 2. The van der Waals surface area contributed by atoms with Crippen LogP contribution >= 0.6 is 0 Å². The second kappa shape index (κ2) is 13.9. The first-order chi connectivity index (χ1) is 16.6. The summed E-state index contributed by atoms with van der Waals surface area (Å²) >= 11 is 0. The molecule has 0 saturated carbocycles. The van der Waals surface area contributed by atoms with E-state index in [1.807, 2.05) is 88.4 Å². The highest BCUT2D eigenvalue weighted by Gasteiger charge is 2.28. The number of nitrogens with zero attached hydrogens (tertiary/aromatic N) is 1. The average Bonchev–Trinajstić information content (AvgIpc) is 2.83. The van der Waals surface area contributed by atoms with Crippen LogP contribution in [0.25, 0.3) is 0 Å². The maximum atomic E-state index is 12.8. The molecule has 4 unspecified atom stereocenters. The number of nitrogens with two attached hydrogens (primary N) is 2. The van der Waals surface area contributed by atoms with Crippen molar-refractivity contribution in [3.8, 4) is 0 Å². The highest BCUT2D eigenvalue weighted by Crippen LogP contribution is 2.11. The van der Waals surface area contributed by atoms with Crippen molar-refractivity contribution < 1.29 is 14.7 Å². The van der Waals surface area contributed by atoms with E-state index in [1.54, 1.807) is 5.01 Å². The number of amides is 2. The predicted molar refractivity (Wildman–Crippen MR) is 139 cm³/mol. The van der Waals surface area contributed by atoms with Crippen molar-refractivity contribution in [3.05, 3.63) is 71.8 Å². The molecule has 192 valence electrons. The number of hydrogen-bond acceptors (Lipinski definition) is 6. The quantitative estimate of drug-likeness (QED) is 0.275. The number of rotatable bonds is 13. The van der Waals surface area contributed by atoms with Gasteiger partial charge in [0.05, 0.1) is 24.2 Å². The molecule has 0 bridgehead atoms. The number of hydrazine groups is 1. The topological polar surface area (TPSA) is 134 Å². The van der Waals surface area contributed by atoms with Crippen LogP contribution in [0.3, 0.4) is 0 Å². The second-order valence-electron chi connectivity index (χ2n) is 9.75. The van der Waals surface area contributed by atoms with Crippen LogP contribution in [0.2, 0.25) is 0 Å². The first-order valence-electron chi connectivity index (χ1n) is 12.2. The van der Waals surface area contributed by atoms with Gasteiger partial charge in [-0.15, -0.1) is 0 Å². The first kappa shape index (κ1) is 28.5. The lowest BCUT2D eigenvalue weighted by molar-refractivity contribution is -0.130. The maximum Gasteiger partial charge on any atom is 0.251 e. The highest BCUT2D eigenvalue weighted by atomic mass is 16.3. The Bertz CT molecular complexity index is 908. The molecule has 4 atom stereocenters. The molecule has 2 aromatic carbocycles. The molecule has 0 aliphatic rings. The van der Waals surface area contributed by atoms with E-state index in [2.05, 4.69) is 10.7 Å². The van der Waals surface area contributed by atoms with E-state index in [0.717, 1.165) is 11.1 Å². The molecule has 0 aromatic heterocycles. The number of hydrogen-bond donors (Lipinski definition) is 5. The smallest absolute Gasteiger partial charge is 0.251 e. The van der Waals surface area contributed by atoms with Crippen LogP contribution in [0.1, 0.15) is 38.8 Å². The van der Waals surface area contributed by atoms with E-state index >= 15 is 0 Å². The van der Waals surface area contributed by atoms with E-state index in [-0.39, 0.29) is 30.2 Å². The van der Waals surface area contributed by atoms with Crippen LogP contribution in [-0.4, -0.2) is 52.7 Å². The third-order valence-electron chi connectivity index (χ3n) is 6.02. The first-order valence-corrected chi connectivity index (χ1v) is 12.2. The summed E-state index contributed by atoms with van der Waals surface area (Å²) in [6, 6.07) is 17.3. The summed E-state index contributed by atoms with van der Waals surface area (Å²) in [5.41, 5.74) is 16.9. The highest BCUT2D eigenvalue weighted by molar-refractivity contribution is 5.82. The monoisotopic (exact) mass is 483 g/mol. The number of carbonyl (C=O) groups is 2. The fraction of sp³-hybridized carbons (Fsp3) is 0.481. The summed E-state index contributed by atoms with van der Waals surface area (Å²) in [7, 11) is 0. The number of benzene rings is 2. The molecule has 2 rings (SSSR count). The van der Waals surface area contributed by atoms with E-state index in [1.165, 1.54) is 0 Å². The molecule has 0 aliphatic heterocycles. The summed E-state index contributed by atoms with van der Waals surface area (Å²) in [6.07, 6.45) is -0.574. The summed E-state index contributed by atoms with van der Waals surface area (Å²) in [5, 5.41) is 15.9. The fourth-order valence-corrected chi connectivity index (χ4v) is 3.57. The van der Waals surface area contributed by atoms with E-state index in [0.29, 0.717) is 13.0 Å². The average molecular weight is 484 g/mol. The zero-order valence-electron chi connectivity index (χ0n) is 21.2. The molecule has 0 heterocycles. The Labute approximate surface area is 209 Å². The Kier molecular flexibility index (Phi) is 11.3. The van der Waals surface area contributed by atoms with Gasteiger partial charge in [-0.3, -0.25) is 15.0 Å². The van der Waals surface area contributed by atoms with E-state index in [4.69, 9.17) is 11.5 Å². The Morgan fingerprint density at radius 2 is 1.31 bits per heavy atom. The standard InChI is InChI=1S/C27H41N5O3/c1-18(2)24(28)26(34)30-22(15-20-11-7-5-8-12-20)23(33)17-32(16-21-13-9-6-10-14-21)31-27(35)25(29)19(3)4/h5-14,18-19,22-25,33H,15-17,28-29H2,1-4H3,(H,30,34)(H,31,35). The van der Waals surface area contributed by atoms with Gasteiger partial charge in [0.15, 0.2) is 0 Å². The SMILES string of the molecule is CC(C)C(N)C(=O)NC(Cc1ccccc1)C(O)CN(Cc1ccccc1)NC(=O)C(N)C(C)C. The minimum absolute atomic E-state index is 0.0406. The van der Waals surface area contributed by atoms with Gasteiger partial charge in [0.25, 0.3) is 5.91 Å². The van der Waals surface area contributed by atoms with Crippen molar-refractivity contribution >= 4 is 11.8 Å². The van der Waals surface area contributed by atoms with Crippen molar-refractivity contribution in [1.29, 1.82) is 0 Å². The molecule has 2 amide bonds. The lowest BCUT2D eigenvalue weighted by Gasteiger charge is -2.32. The maximum absolute atomic E-state index is 12.8. The van der Waals surface area contributed by atoms with Crippen LogP contribution in [0, 0.1) is 11.8 Å². The largest absolute Gasteiger partial charge is 0.390 e. The van der Waals surface area contributed by atoms with E-state index < -0.39 is 24.2 Å². The van der Waals surface area contributed by atoms with Crippen LogP contribution in [0.5, 0.6) is 0 Å². The summed E-state index contributed by atoms with van der Waals surface area (Å²) in [5.74, 6) is -0.730. The molecule has 35 heavy (non-hydrogen) atoms. The number of nitrogens with one attached hydrogen (secondary N) is 2. The molecule has 0 spiro atoms. The van der Waals surface area contributed by atoms with Crippen LogP contribution in [-0.2, 0) is 22.6 Å². The van der Waals surface area contributed by atoms with Gasteiger partial charge < -0.3 is 21.9 Å². The summed E-state index contributed by atoms with van der Waals surface area (Å²) < 4.78 is 0. The third-order valence-corrected chi connectivity index (χ3v) is 6.02. The van der Waals surface area contributed by atoms with Gasteiger partial charge in [0, 0.05) is 13.1 Å². The van der Waals surface area contributed by atoms with Crippen LogP contribution in [0.15, 0.2) is 60.7 Å². The van der Waals surface area contributed by atoms with Crippen LogP contribution in [0.4, 0.5) is 0 Å². The Morgan fingerprint density at radius 3 is 1.83 bits per heavy atom. The van der Waals surface area contributed by atoms with Gasteiger partial charge in [0.2, 0.25) is 5.91 Å². The molecular weight excluding hydrogens is 442 g/mol. The Balaban J connectivity index is 2.23. The molecule has 8 nitrogen and oxygen atoms in total. The van der Waals surface area contributed by atoms with Gasteiger partial charge in [-0.1, -0.05) is 88.4 Å². The molecule has 0 fully saturated rings. The van der Waals surface area contributed by atoms with E-state index in [9.17, 15) is 14.7 Å². The number of aliphatic hydroxyl groups is 1. The van der Waals surface area contributed by atoms with Crippen molar-refractivity contribution in [2.45, 2.75) is 64.9 Å². The van der Waals surface area contributed by atoms with Gasteiger partial charge in [-0.2, -0.15) is 0 Å². The predicted octanol–water partition coefficient (Wildman–Crippen LogP) is 1.57. The number of aliphatic hydroxyl groups excluding tert-OH is 1.